The Kier molecular flexibility index (Phi) is 17.8. The van der Waals surface area contributed by atoms with Gasteiger partial charge in [0.1, 0.15) is 5.82 Å². The van der Waals surface area contributed by atoms with Gasteiger partial charge in [-0.1, -0.05) is 62.4 Å². The molecule has 0 fully saturated rings. The van der Waals surface area contributed by atoms with E-state index in [1.54, 1.807) is 12.1 Å². The van der Waals surface area contributed by atoms with Crippen LogP contribution in [0.25, 0.3) is 22.4 Å². The third-order valence-corrected chi connectivity index (χ3v) is 7.73. The zero-order valence-corrected chi connectivity index (χ0v) is 32.1. The van der Waals surface area contributed by atoms with Crippen LogP contribution in [0.4, 0.5) is 10.1 Å². The van der Waals surface area contributed by atoms with Crippen LogP contribution in [0.3, 0.4) is 0 Å². The third kappa shape index (κ3) is 12.3. The number of carboxylic acid groups (broad SMARTS) is 3. The van der Waals surface area contributed by atoms with Crippen LogP contribution in [0, 0.1) is 5.82 Å². The predicted molar refractivity (Wildman–Crippen MR) is 190 cm³/mol. The molecular weight excluding hydrogens is 755 g/mol. The topological polar surface area (TPSA) is 227 Å². The van der Waals surface area contributed by atoms with Gasteiger partial charge in [0.2, 0.25) is 0 Å². The third-order valence-electron chi connectivity index (χ3n) is 7.73. The number of carbonyl (C=O) groups excluding carboxylic acids is 1. The Balaban J connectivity index is 0.000000745. The van der Waals surface area contributed by atoms with E-state index in [0.717, 1.165) is 11.3 Å². The molecule has 4 atom stereocenters. The van der Waals surface area contributed by atoms with Crippen LogP contribution < -0.4 is 5.32 Å². The number of aliphatic carboxylic acids is 3. The summed E-state index contributed by atoms with van der Waals surface area (Å²) in [6.07, 6.45) is -7.04. The van der Waals surface area contributed by atoms with E-state index in [9.17, 15) is 33.8 Å². The summed E-state index contributed by atoms with van der Waals surface area (Å²) < 4.78 is 16.0. The molecule has 4 rings (SSSR count). The van der Waals surface area contributed by atoms with Crippen molar-refractivity contribution < 1.29 is 59.3 Å². The fourth-order valence-corrected chi connectivity index (χ4v) is 5.47. The fraction of sp³-hybridized carbons (Fsp3) is 0.297. The summed E-state index contributed by atoms with van der Waals surface area (Å²) in [5.41, 5.74) is 4.77. The molecule has 272 valence electrons. The maximum atomic E-state index is 14.0. The van der Waals surface area contributed by atoms with Crippen LogP contribution in [0.15, 0.2) is 84.9 Å². The molecule has 0 bridgehead atoms. The van der Waals surface area contributed by atoms with Gasteiger partial charge in [-0.2, -0.15) is 0 Å². The Hall–Kier alpha value is -3.93. The van der Waals surface area contributed by atoms with E-state index in [1.165, 1.54) is 12.1 Å². The van der Waals surface area contributed by atoms with Crippen molar-refractivity contribution in [3.63, 3.8) is 0 Å². The van der Waals surface area contributed by atoms with Crippen LogP contribution >= 0.6 is 0 Å². The molecule has 0 spiro atoms. The van der Waals surface area contributed by atoms with Gasteiger partial charge in [-0.15, -0.1) is 0 Å². The number of hydrogen-bond acceptors (Lipinski definition) is 8. The number of nitrogens with one attached hydrogen (secondary N) is 1. The number of aliphatic hydroxyl groups excluding tert-OH is 4. The second kappa shape index (κ2) is 20.9. The summed E-state index contributed by atoms with van der Waals surface area (Å²) in [4.78, 5) is 44.6. The quantitative estimate of drug-likeness (QED) is 0.0808. The van der Waals surface area contributed by atoms with Crippen LogP contribution in [0.2, 0.25) is 0 Å². The first-order valence-corrected chi connectivity index (χ1v) is 16.0. The normalized spacial score (nSPS) is 13.1. The zero-order chi connectivity index (χ0) is 37.8. The smallest absolute Gasteiger partial charge is 0.481 e. The Morgan fingerprint density at radius 2 is 1.25 bits per heavy atom. The minimum atomic E-state index is -2.27. The summed E-state index contributed by atoms with van der Waals surface area (Å²) in [5.74, 6) is -5.47. The molecule has 1 aromatic heterocycles. The van der Waals surface area contributed by atoms with E-state index in [-0.39, 0.29) is 82.5 Å². The number of nitrogens with zero attached hydrogens (tertiary/aromatic N) is 1. The summed E-state index contributed by atoms with van der Waals surface area (Å²) in [6, 6.07) is 24.8. The molecule has 52 heavy (non-hydrogen) atoms. The number of rotatable bonds is 15. The minimum Gasteiger partial charge on any atom is -0.481 e. The molecule has 8 N–H and O–H groups in total. The van der Waals surface area contributed by atoms with Gasteiger partial charge in [-0.3, -0.25) is 9.59 Å². The molecule has 0 aliphatic rings. The van der Waals surface area contributed by atoms with E-state index in [0.29, 0.717) is 28.1 Å². The monoisotopic (exact) mass is 796 g/mol. The molecule has 0 radical (unpaired) electrons. The number of aromatic nitrogens is 1. The van der Waals surface area contributed by atoms with Crippen LogP contribution in [0.1, 0.15) is 55.1 Å². The molecule has 3 aromatic carbocycles. The molecule has 2 unspecified atom stereocenters. The summed E-state index contributed by atoms with van der Waals surface area (Å²) in [6.45, 7) is 4.25. The molecule has 0 aliphatic heterocycles. The van der Waals surface area contributed by atoms with Crippen LogP contribution in [-0.2, 0) is 20.9 Å². The standard InChI is InChI=1S/C33H35FN2O5.C4H6O6.Sr/c1-21(2)31-30(33(41)35-25-11-7-4-8-12-25)29(22-9-5-3-6-10-22)32(23-13-15-24(34)16-14-23)36(31)18-17-26(37)19-27(38)20-28(39)40;5-1(3(7)8)2(6)4(9)10;/h3-16,21,26-27,37-38H,17-20H2,1-2H3,(H,35,41)(H,39,40);1-2,5-6H,(H,7,8)(H,9,10);/q;;+2/t26-,27-;;/m1../s1. The van der Waals surface area contributed by atoms with Crippen LogP contribution in [0.5, 0.6) is 0 Å². The average molecular weight is 796 g/mol. The van der Waals surface area contributed by atoms with Gasteiger partial charge in [0.05, 0.1) is 29.9 Å². The van der Waals surface area contributed by atoms with Crippen molar-refractivity contribution in [3.8, 4) is 22.4 Å². The molecular formula is C37H41FN2O11Sr+2. The van der Waals surface area contributed by atoms with Gasteiger partial charge in [0, 0.05) is 23.5 Å². The number of anilines is 1. The van der Waals surface area contributed by atoms with Gasteiger partial charge in [0.25, 0.3) is 5.91 Å². The van der Waals surface area contributed by atoms with Crippen molar-refractivity contribution in [2.45, 2.75) is 70.0 Å². The van der Waals surface area contributed by atoms with E-state index in [4.69, 9.17) is 25.5 Å². The fourth-order valence-electron chi connectivity index (χ4n) is 5.47. The Morgan fingerprint density at radius 1 is 0.731 bits per heavy atom. The average Bonchev–Trinajstić information content (AvgIpc) is 3.43. The Morgan fingerprint density at radius 3 is 1.73 bits per heavy atom. The maximum absolute atomic E-state index is 14.0. The molecule has 1 amide bonds. The number of hydrogen-bond donors (Lipinski definition) is 8. The molecule has 0 saturated heterocycles. The Bertz CT molecular complexity index is 1770. The molecule has 13 nitrogen and oxygen atoms in total. The van der Waals surface area contributed by atoms with E-state index in [2.05, 4.69) is 5.32 Å². The first-order valence-electron chi connectivity index (χ1n) is 16.0. The van der Waals surface area contributed by atoms with E-state index < -0.39 is 48.7 Å². The first-order chi connectivity index (χ1) is 24.1. The summed E-state index contributed by atoms with van der Waals surface area (Å²) >= 11 is 0. The molecule has 0 saturated carbocycles. The van der Waals surface area contributed by atoms with Crippen molar-refractivity contribution in [3.05, 3.63) is 102 Å². The Labute approximate surface area is 336 Å². The maximum Gasteiger partial charge on any atom is 2.00 e. The molecule has 4 aromatic rings. The number of benzene rings is 3. The number of aliphatic hydroxyl groups is 4. The SMILES string of the molecule is CC(C)c1c(C(=O)Nc2ccccc2)c(-c2ccccc2)c(-c2ccc(F)cc2)n1CC[C@@H](O)C[C@@H](O)CC(=O)O.O=C(O)C(O)C(O)C(=O)O.[Sr+2]. The van der Waals surface area contributed by atoms with Gasteiger partial charge in [-0.25, -0.2) is 14.0 Å². The second-order valence-electron chi connectivity index (χ2n) is 12.0. The number of halogens is 1. The van der Waals surface area contributed by atoms with E-state index >= 15 is 0 Å². The van der Waals surface area contributed by atoms with Crippen molar-refractivity contribution in [1.29, 1.82) is 0 Å². The molecule has 15 heteroatoms. The number of para-hydroxylation sites is 1. The number of amides is 1. The zero-order valence-electron chi connectivity index (χ0n) is 28.6. The summed E-state index contributed by atoms with van der Waals surface area (Å²) in [5, 5.41) is 65.3. The van der Waals surface area contributed by atoms with E-state index in [1.807, 2.05) is 79.1 Å². The second-order valence-corrected chi connectivity index (χ2v) is 12.0. The predicted octanol–water partition coefficient (Wildman–Crippen LogP) is 3.81. The number of carbonyl (C=O) groups is 4. The van der Waals surface area contributed by atoms with Gasteiger partial charge >= 0.3 is 63.4 Å². The van der Waals surface area contributed by atoms with Gasteiger partial charge < -0.3 is 45.6 Å². The molecule has 0 aliphatic carbocycles. The van der Waals surface area contributed by atoms with Gasteiger partial charge in [0.15, 0.2) is 12.2 Å². The van der Waals surface area contributed by atoms with Crippen molar-refractivity contribution in [2.75, 3.05) is 5.32 Å². The number of carboxylic acids is 3. The van der Waals surface area contributed by atoms with Gasteiger partial charge in [-0.05, 0) is 66.3 Å². The van der Waals surface area contributed by atoms with Crippen molar-refractivity contribution >= 4 is 75.0 Å². The minimum absolute atomic E-state index is 0. The summed E-state index contributed by atoms with van der Waals surface area (Å²) in [7, 11) is 0. The van der Waals surface area contributed by atoms with Crippen LogP contribution in [-0.4, -0.2) is 134 Å². The van der Waals surface area contributed by atoms with Crippen molar-refractivity contribution in [1.82, 2.24) is 4.57 Å². The largest absolute Gasteiger partial charge is 2.00 e. The molecule has 1 heterocycles. The van der Waals surface area contributed by atoms with Crippen molar-refractivity contribution in [2.24, 2.45) is 0 Å². The first kappa shape index (κ1) is 44.2.